The van der Waals surface area contributed by atoms with E-state index in [-0.39, 0.29) is 11.2 Å². The van der Waals surface area contributed by atoms with Gasteiger partial charge in [0, 0.05) is 25.0 Å². The fraction of sp³-hybridized carbons (Fsp3) is 0.192. The van der Waals surface area contributed by atoms with Gasteiger partial charge in [-0.05, 0) is 61.9 Å². The Morgan fingerprint density at radius 3 is 2.44 bits per heavy atom. The second kappa shape index (κ2) is 10.1. The number of hydrogen-bond acceptors (Lipinski definition) is 5. The average Bonchev–Trinajstić information content (AvgIpc) is 3.07. The molecule has 0 aliphatic rings. The van der Waals surface area contributed by atoms with Crippen molar-refractivity contribution in [2.24, 2.45) is 7.05 Å². The van der Waals surface area contributed by atoms with E-state index in [0.717, 1.165) is 5.56 Å². The molecule has 174 valence electrons. The number of amides is 1. The van der Waals surface area contributed by atoms with Gasteiger partial charge in [0.15, 0.2) is 11.5 Å². The Labute approximate surface area is 197 Å². The first-order chi connectivity index (χ1) is 16.5. The molecule has 0 atom stereocenters. The van der Waals surface area contributed by atoms with Gasteiger partial charge in [-0.3, -0.25) is 19.3 Å². The molecule has 2 heterocycles. The number of nitrogens with zero attached hydrogens (tertiary/aromatic N) is 3. The first kappa shape index (κ1) is 22.8. The molecule has 0 saturated carbocycles. The van der Waals surface area contributed by atoms with Crippen LogP contribution in [0, 0.1) is 6.92 Å². The second-order valence-electron chi connectivity index (χ2n) is 7.63. The lowest BCUT2D eigenvalue weighted by molar-refractivity contribution is 0.102. The van der Waals surface area contributed by atoms with Crippen molar-refractivity contribution < 1.29 is 14.3 Å². The van der Waals surface area contributed by atoms with Crippen LogP contribution in [-0.4, -0.2) is 26.9 Å². The number of carbonyl (C=O) groups is 1. The maximum absolute atomic E-state index is 13.1. The van der Waals surface area contributed by atoms with E-state index >= 15 is 0 Å². The molecule has 1 amide bonds. The highest BCUT2D eigenvalue weighted by atomic mass is 16.5. The Balaban J connectivity index is 1.58. The lowest BCUT2D eigenvalue weighted by Crippen LogP contribution is -2.23. The van der Waals surface area contributed by atoms with Crippen LogP contribution < -0.4 is 20.3 Å². The van der Waals surface area contributed by atoms with Crippen LogP contribution in [0.15, 0.2) is 77.9 Å². The summed E-state index contributed by atoms with van der Waals surface area (Å²) in [4.78, 5) is 30.1. The third kappa shape index (κ3) is 4.71. The fourth-order valence-corrected chi connectivity index (χ4v) is 3.57. The van der Waals surface area contributed by atoms with Crippen molar-refractivity contribution in [2.75, 3.05) is 11.9 Å². The van der Waals surface area contributed by atoms with Gasteiger partial charge in [0.05, 0.1) is 18.0 Å². The molecule has 8 heteroatoms. The molecule has 0 aliphatic heterocycles. The summed E-state index contributed by atoms with van der Waals surface area (Å²) in [6.07, 6.45) is 3.40. The van der Waals surface area contributed by atoms with E-state index in [1.807, 2.05) is 49.4 Å². The number of benzene rings is 2. The molecule has 2 aromatic heterocycles. The largest absolute Gasteiger partial charge is 0.490 e. The number of aromatic nitrogens is 3. The van der Waals surface area contributed by atoms with E-state index in [1.165, 1.54) is 4.68 Å². The van der Waals surface area contributed by atoms with Crippen LogP contribution in [-0.2, 0) is 13.7 Å². The standard InChI is InChI=1S/C26H26N4O4/c1-4-33-23-16-20(10-11-22(23)34-17-19-12-14-27-15-13-19)25(31)28-24-18(2)29(3)30(26(24)32)21-8-6-5-7-9-21/h5-16H,4,17H2,1-3H3,(H,28,31). The predicted molar refractivity (Wildman–Crippen MR) is 130 cm³/mol. The van der Waals surface area contributed by atoms with E-state index in [0.29, 0.717) is 41.7 Å². The van der Waals surface area contributed by atoms with Gasteiger partial charge >= 0.3 is 0 Å². The third-order valence-corrected chi connectivity index (χ3v) is 5.44. The Morgan fingerprint density at radius 2 is 1.74 bits per heavy atom. The van der Waals surface area contributed by atoms with E-state index in [2.05, 4.69) is 10.3 Å². The smallest absolute Gasteiger partial charge is 0.295 e. The molecule has 0 bridgehead atoms. The first-order valence-corrected chi connectivity index (χ1v) is 10.9. The van der Waals surface area contributed by atoms with Gasteiger partial charge in [0.1, 0.15) is 12.3 Å². The predicted octanol–water partition coefficient (Wildman–Crippen LogP) is 4.11. The molecule has 0 saturated heterocycles. The molecule has 0 radical (unpaired) electrons. The van der Waals surface area contributed by atoms with Crippen molar-refractivity contribution in [3.63, 3.8) is 0 Å². The summed E-state index contributed by atoms with van der Waals surface area (Å²) in [5.74, 6) is 0.570. The van der Waals surface area contributed by atoms with Crippen LogP contribution in [0.4, 0.5) is 5.69 Å². The third-order valence-electron chi connectivity index (χ3n) is 5.44. The Bertz CT molecular complexity index is 1340. The van der Waals surface area contributed by atoms with Crippen LogP contribution in [0.1, 0.15) is 28.5 Å². The Morgan fingerprint density at radius 1 is 1.00 bits per heavy atom. The van der Waals surface area contributed by atoms with Crippen molar-refractivity contribution in [1.82, 2.24) is 14.3 Å². The minimum atomic E-state index is -0.410. The van der Waals surface area contributed by atoms with Crippen LogP contribution in [0.5, 0.6) is 11.5 Å². The molecule has 0 fully saturated rings. The van der Waals surface area contributed by atoms with E-state index in [9.17, 15) is 9.59 Å². The molecular formula is C26H26N4O4. The summed E-state index contributed by atoms with van der Waals surface area (Å²) in [5.41, 5.74) is 2.61. The van der Waals surface area contributed by atoms with E-state index in [1.54, 1.807) is 49.2 Å². The van der Waals surface area contributed by atoms with Gasteiger partial charge in [-0.25, -0.2) is 4.68 Å². The minimum absolute atomic E-state index is 0.229. The van der Waals surface area contributed by atoms with Crippen molar-refractivity contribution in [2.45, 2.75) is 20.5 Å². The lowest BCUT2D eigenvalue weighted by Gasteiger charge is -2.13. The molecule has 0 spiro atoms. The Hall–Kier alpha value is -4.33. The summed E-state index contributed by atoms with van der Waals surface area (Å²) in [6, 6.07) is 18.0. The normalized spacial score (nSPS) is 10.7. The summed E-state index contributed by atoms with van der Waals surface area (Å²) in [5, 5.41) is 2.78. The van der Waals surface area contributed by atoms with E-state index < -0.39 is 5.91 Å². The van der Waals surface area contributed by atoms with Gasteiger partial charge in [-0.2, -0.15) is 0 Å². The van der Waals surface area contributed by atoms with Crippen LogP contribution >= 0.6 is 0 Å². The van der Waals surface area contributed by atoms with Gasteiger partial charge in [0.25, 0.3) is 11.5 Å². The molecule has 0 unspecified atom stereocenters. The van der Waals surface area contributed by atoms with Crippen molar-refractivity contribution in [1.29, 1.82) is 0 Å². The van der Waals surface area contributed by atoms with Gasteiger partial charge in [0.2, 0.25) is 0 Å². The second-order valence-corrected chi connectivity index (χ2v) is 7.63. The molecule has 2 aromatic carbocycles. The zero-order valence-corrected chi connectivity index (χ0v) is 19.3. The quantitative estimate of drug-likeness (QED) is 0.429. The molecular weight excluding hydrogens is 432 g/mol. The zero-order chi connectivity index (χ0) is 24.1. The highest BCUT2D eigenvalue weighted by molar-refractivity contribution is 6.04. The molecule has 1 N–H and O–H groups in total. The lowest BCUT2D eigenvalue weighted by atomic mass is 10.1. The van der Waals surface area contributed by atoms with Gasteiger partial charge in [-0.15, -0.1) is 0 Å². The highest BCUT2D eigenvalue weighted by Gasteiger charge is 2.20. The maximum atomic E-state index is 13.1. The van der Waals surface area contributed by atoms with Crippen LogP contribution in [0.25, 0.3) is 5.69 Å². The number of carbonyl (C=O) groups excluding carboxylic acids is 1. The fourth-order valence-electron chi connectivity index (χ4n) is 3.57. The van der Waals surface area contributed by atoms with E-state index in [4.69, 9.17) is 9.47 Å². The number of para-hydroxylation sites is 1. The number of hydrogen-bond donors (Lipinski definition) is 1. The number of anilines is 1. The molecule has 34 heavy (non-hydrogen) atoms. The molecule has 4 rings (SSSR count). The average molecular weight is 459 g/mol. The SMILES string of the molecule is CCOc1cc(C(=O)Nc2c(C)n(C)n(-c3ccccc3)c2=O)ccc1OCc1ccncc1. The number of ether oxygens (including phenoxy) is 2. The Kier molecular flexibility index (Phi) is 6.77. The summed E-state index contributed by atoms with van der Waals surface area (Å²) < 4.78 is 14.8. The summed E-state index contributed by atoms with van der Waals surface area (Å²) >= 11 is 0. The monoisotopic (exact) mass is 458 g/mol. The van der Waals surface area contributed by atoms with Gasteiger partial charge < -0.3 is 14.8 Å². The minimum Gasteiger partial charge on any atom is -0.490 e. The molecule has 8 nitrogen and oxygen atoms in total. The maximum Gasteiger partial charge on any atom is 0.295 e. The topological polar surface area (TPSA) is 87.4 Å². The van der Waals surface area contributed by atoms with Crippen molar-refractivity contribution >= 4 is 11.6 Å². The van der Waals surface area contributed by atoms with Crippen LogP contribution in [0.2, 0.25) is 0 Å². The highest BCUT2D eigenvalue weighted by Crippen LogP contribution is 2.30. The zero-order valence-electron chi connectivity index (χ0n) is 19.3. The van der Waals surface area contributed by atoms with Crippen molar-refractivity contribution in [3.8, 4) is 17.2 Å². The first-order valence-electron chi connectivity index (χ1n) is 10.9. The summed E-state index contributed by atoms with van der Waals surface area (Å²) in [7, 11) is 1.78. The summed E-state index contributed by atoms with van der Waals surface area (Å²) in [6.45, 7) is 4.41. The van der Waals surface area contributed by atoms with Crippen molar-refractivity contribution in [3.05, 3.63) is 100 Å². The number of nitrogens with one attached hydrogen (secondary N) is 1. The number of pyridine rings is 1. The number of rotatable bonds is 8. The molecule has 0 aliphatic carbocycles. The molecule has 4 aromatic rings. The van der Waals surface area contributed by atoms with Crippen LogP contribution in [0.3, 0.4) is 0 Å². The van der Waals surface area contributed by atoms with Gasteiger partial charge in [-0.1, -0.05) is 18.2 Å².